The molecule has 1 atom stereocenters. The van der Waals surface area contributed by atoms with Crippen LogP contribution in [0.25, 0.3) is 0 Å². The normalized spacial score (nSPS) is 14.3. The SMILES string of the molecule is CC([O][Zn]([F])([F])([F])[O][Si](c1ccccc1)(c1ccccc1)c1ccccc1)C(F)(F)F. The van der Waals surface area contributed by atoms with Gasteiger partial charge in [0.15, 0.2) is 0 Å². The molecule has 0 fully saturated rings. The summed E-state index contributed by atoms with van der Waals surface area (Å²) in [5.41, 5.74) is 0. The van der Waals surface area contributed by atoms with Crippen molar-refractivity contribution in [2.75, 3.05) is 0 Å². The van der Waals surface area contributed by atoms with E-state index < -0.39 is 36.4 Å². The number of rotatable bonds is 7. The van der Waals surface area contributed by atoms with Crippen LogP contribution >= 0.6 is 0 Å². The summed E-state index contributed by atoms with van der Waals surface area (Å²) >= 11 is -9.37. The third-order valence-corrected chi connectivity index (χ3v) is 16.9. The molecule has 0 aromatic heterocycles. The first-order valence-corrected chi connectivity index (χ1v) is 17.4. The van der Waals surface area contributed by atoms with Crippen molar-refractivity contribution in [1.29, 1.82) is 0 Å². The molecule has 0 bridgehead atoms. The Balaban J connectivity index is 2.26. The summed E-state index contributed by atoms with van der Waals surface area (Å²) in [4.78, 5) is 0. The number of halogens is 6. The fourth-order valence-corrected chi connectivity index (χ4v) is 17.6. The van der Waals surface area contributed by atoms with Gasteiger partial charge in [-0.2, -0.15) is 0 Å². The summed E-state index contributed by atoms with van der Waals surface area (Å²) < 4.78 is 92.9. The zero-order chi connectivity index (χ0) is 22.8. The standard InChI is InChI=1S/C18H15OSi.C3H4F3O.3FH.Zn/c19-20(16-10-4-1-5-11-16,17-12-6-2-7-13-17)18-14-8-3-9-15-18;1-2(7)3(4,5)6;;;;/h1-15H;2H,1H3;3*1H;/q2*-1;;;;+5/p-3. The van der Waals surface area contributed by atoms with Crippen LogP contribution in [-0.2, 0) is 22.6 Å². The van der Waals surface area contributed by atoms with Crippen molar-refractivity contribution in [3.8, 4) is 0 Å². The van der Waals surface area contributed by atoms with E-state index in [1.807, 2.05) is 0 Å². The molecule has 0 aliphatic rings. The van der Waals surface area contributed by atoms with Gasteiger partial charge in [0.05, 0.1) is 0 Å². The first kappa shape index (κ1) is 23.7. The van der Waals surface area contributed by atoms with Crippen LogP contribution in [0.1, 0.15) is 6.92 Å². The van der Waals surface area contributed by atoms with E-state index in [1.54, 1.807) is 54.6 Å². The van der Waals surface area contributed by atoms with Gasteiger partial charge in [0.2, 0.25) is 0 Å². The second-order valence-electron chi connectivity index (χ2n) is 7.35. The fourth-order valence-electron chi connectivity index (χ4n) is 3.62. The van der Waals surface area contributed by atoms with Gasteiger partial charge in [0, 0.05) is 0 Å². The molecule has 0 aliphatic carbocycles. The summed E-state index contributed by atoms with van der Waals surface area (Å²) in [6.07, 6.45) is -8.18. The van der Waals surface area contributed by atoms with E-state index in [0.29, 0.717) is 6.92 Å². The molecule has 3 rings (SSSR count). The van der Waals surface area contributed by atoms with Crippen molar-refractivity contribution in [1.82, 2.24) is 0 Å². The van der Waals surface area contributed by atoms with E-state index in [9.17, 15) is 13.2 Å². The molecule has 0 aliphatic heterocycles. The van der Waals surface area contributed by atoms with Gasteiger partial charge < -0.3 is 0 Å². The summed E-state index contributed by atoms with van der Waals surface area (Å²) in [6, 6.07) is 23.4. The van der Waals surface area contributed by atoms with Gasteiger partial charge in [-0.3, -0.25) is 0 Å². The van der Waals surface area contributed by atoms with E-state index in [2.05, 4.69) is 3.56 Å². The fraction of sp³-hybridized carbons (Fsp3) is 0.143. The second kappa shape index (κ2) is 8.50. The second-order valence-corrected chi connectivity index (χ2v) is 17.8. The van der Waals surface area contributed by atoms with Crippen molar-refractivity contribution in [3.63, 3.8) is 0 Å². The Bertz CT molecular complexity index is 898. The van der Waals surface area contributed by atoms with Crippen molar-refractivity contribution in [2.24, 2.45) is 0 Å². The molecule has 0 saturated carbocycles. The molecular weight excluding hydrogens is 492 g/mol. The Hall–Kier alpha value is -2.00. The van der Waals surface area contributed by atoms with Gasteiger partial charge >= 0.3 is 180 Å². The van der Waals surface area contributed by atoms with Crippen molar-refractivity contribution in [3.05, 3.63) is 91.0 Å². The van der Waals surface area contributed by atoms with Gasteiger partial charge in [0.1, 0.15) is 0 Å². The molecule has 3 aromatic rings. The topological polar surface area (TPSA) is 18.5 Å². The number of alkyl halides is 3. The first-order chi connectivity index (χ1) is 14.4. The zero-order valence-corrected chi connectivity index (χ0v) is 20.5. The monoisotopic (exact) mass is 509 g/mol. The molecule has 1 unspecified atom stereocenters. The van der Waals surface area contributed by atoms with E-state index >= 15 is 9.95 Å². The molecule has 0 amide bonds. The minimum absolute atomic E-state index is 0.255. The van der Waals surface area contributed by atoms with Crippen LogP contribution in [0.5, 0.6) is 0 Å². The Labute approximate surface area is 179 Å². The molecule has 3 aromatic carbocycles. The molecule has 163 valence electrons. The first-order valence-electron chi connectivity index (χ1n) is 9.73. The van der Waals surface area contributed by atoms with Crippen molar-refractivity contribution >= 4 is 23.9 Å². The van der Waals surface area contributed by atoms with Crippen molar-refractivity contribution in [2.45, 2.75) is 19.2 Å². The Kier molecular flexibility index (Phi) is 6.49. The maximum atomic E-state index is 15.1. The Morgan fingerprint density at radius 1 is 0.677 bits per heavy atom. The summed E-state index contributed by atoms with van der Waals surface area (Å²) in [6.45, 7) is 0.341. The summed E-state index contributed by atoms with van der Waals surface area (Å²) in [5.74, 6) is 0. The van der Waals surface area contributed by atoms with Gasteiger partial charge in [-0.05, 0) is 0 Å². The molecule has 0 radical (unpaired) electrons. The van der Waals surface area contributed by atoms with E-state index in [-0.39, 0.29) is 15.6 Å². The molecule has 0 spiro atoms. The number of benzene rings is 3. The van der Waals surface area contributed by atoms with E-state index in [1.165, 1.54) is 36.4 Å². The predicted octanol–water partition coefficient (Wildman–Crippen LogP) is 4.81. The van der Waals surface area contributed by atoms with Gasteiger partial charge in [-0.1, -0.05) is 0 Å². The number of hydrogen-bond donors (Lipinski definition) is 0. The van der Waals surface area contributed by atoms with E-state index in [4.69, 9.17) is 3.25 Å². The van der Waals surface area contributed by atoms with Crippen LogP contribution in [0.4, 0.5) is 23.1 Å². The third-order valence-electron chi connectivity index (χ3n) is 4.95. The van der Waals surface area contributed by atoms with E-state index in [0.717, 1.165) is 0 Å². The molecule has 2 nitrogen and oxygen atoms in total. The maximum absolute atomic E-state index is 15.1. The Morgan fingerprint density at radius 2 is 1.00 bits per heavy atom. The summed E-state index contributed by atoms with van der Waals surface area (Å²) in [5, 5.41) is 0.766. The molecular formula is C21H19F6O2SiZn. The Morgan fingerprint density at radius 3 is 1.29 bits per heavy atom. The van der Waals surface area contributed by atoms with Crippen molar-refractivity contribution < 1.29 is 45.7 Å². The van der Waals surface area contributed by atoms with Crippen LogP contribution < -0.4 is 15.6 Å². The van der Waals surface area contributed by atoms with Crippen LogP contribution in [0.15, 0.2) is 91.0 Å². The molecule has 0 N–H and O–H groups in total. The third kappa shape index (κ3) is 5.44. The quantitative estimate of drug-likeness (QED) is 0.258. The molecule has 0 heterocycles. The van der Waals surface area contributed by atoms with Crippen LogP contribution in [0.2, 0.25) is 0 Å². The molecule has 31 heavy (non-hydrogen) atoms. The van der Waals surface area contributed by atoms with Crippen LogP contribution in [0.3, 0.4) is 0 Å². The number of hydrogen-bond acceptors (Lipinski definition) is 2. The minimum atomic E-state index is -9.37. The zero-order valence-electron chi connectivity index (χ0n) is 16.5. The average Bonchev–Trinajstić information content (AvgIpc) is 2.72. The van der Waals surface area contributed by atoms with Crippen LogP contribution in [0, 0.1) is 0 Å². The molecule has 0 saturated heterocycles. The predicted molar refractivity (Wildman–Crippen MR) is 105 cm³/mol. The van der Waals surface area contributed by atoms with Gasteiger partial charge in [-0.15, -0.1) is 0 Å². The molecule has 10 heteroatoms. The average molecular weight is 511 g/mol. The summed E-state index contributed by atoms with van der Waals surface area (Å²) in [7, 11) is -4.28. The van der Waals surface area contributed by atoms with Gasteiger partial charge in [-0.25, -0.2) is 0 Å². The van der Waals surface area contributed by atoms with Crippen LogP contribution in [-0.4, -0.2) is 20.6 Å². The van der Waals surface area contributed by atoms with Gasteiger partial charge in [0.25, 0.3) is 0 Å².